The van der Waals surface area contributed by atoms with Gasteiger partial charge in [-0.2, -0.15) is 5.10 Å². The van der Waals surface area contributed by atoms with Crippen molar-refractivity contribution in [3.63, 3.8) is 0 Å². The number of likely N-dealkylation sites (tertiary alicyclic amines) is 2. The van der Waals surface area contributed by atoms with E-state index in [4.69, 9.17) is 0 Å². The van der Waals surface area contributed by atoms with Crippen molar-refractivity contribution >= 4 is 28.5 Å². The quantitative estimate of drug-likeness (QED) is 0.645. The summed E-state index contributed by atoms with van der Waals surface area (Å²) in [6, 6.07) is 3.88. The van der Waals surface area contributed by atoms with Crippen molar-refractivity contribution in [2.75, 3.05) is 38.0 Å². The second kappa shape index (κ2) is 9.27. The van der Waals surface area contributed by atoms with Gasteiger partial charge in [0.25, 0.3) is 0 Å². The lowest BCUT2D eigenvalue weighted by molar-refractivity contribution is -0.135. The molecule has 0 atom stereocenters. The highest BCUT2D eigenvalue weighted by atomic mass is 16.2. The van der Waals surface area contributed by atoms with Gasteiger partial charge in [-0.3, -0.25) is 24.2 Å². The van der Waals surface area contributed by atoms with Gasteiger partial charge in [0.15, 0.2) is 0 Å². The summed E-state index contributed by atoms with van der Waals surface area (Å²) < 4.78 is 1.75. The Morgan fingerprint density at radius 1 is 1.00 bits per heavy atom. The van der Waals surface area contributed by atoms with Gasteiger partial charge in [0.05, 0.1) is 24.5 Å². The molecule has 5 heterocycles. The molecule has 0 spiro atoms. The molecule has 9 nitrogen and oxygen atoms in total. The fraction of sp³-hybridized carbons (Fsp3) is 0.458. The number of nitrogens with one attached hydrogen (secondary N) is 1. The Bertz CT molecular complexity index is 1160. The van der Waals surface area contributed by atoms with Crippen LogP contribution in [0.25, 0.3) is 22.0 Å². The van der Waals surface area contributed by atoms with E-state index in [-0.39, 0.29) is 17.7 Å². The minimum Gasteiger partial charge on any atom is -0.342 e. The van der Waals surface area contributed by atoms with Crippen LogP contribution in [0.5, 0.6) is 0 Å². The van der Waals surface area contributed by atoms with Crippen LogP contribution in [-0.4, -0.2) is 74.1 Å². The maximum Gasteiger partial charge on any atom is 0.236 e. The monoisotopic (exact) mass is 447 g/mol. The smallest absolute Gasteiger partial charge is 0.236 e. The van der Waals surface area contributed by atoms with Crippen LogP contribution < -0.4 is 5.32 Å². The van der Waals surface area contributed by atoms with Crippen molar-refractivity contribution in [3.05, 3.63) is 36.9 Å². The number of fused-ring (bicyclic) bond motifs is 1. The van der Waals surface area contributed by atoms with Crippen molar-refractivity contribution in [2.24, 2.45) is 13.0 Å². The Morgan fingerprint density at radius 2 is 1.79 bits per heavy atom. The SMILES string of the molecule is Cn1cc(-c2cnc3cnc(NC(=O)C4CCN(C(=O)CN5CCCC5)CC4)cc3c2)cn1. The number of aryl methyl sites for hydroxylation is 1. The predicted molar refractivity (Wildman–Crippen MR) is 125 cm³/mol. The van der Waals surface area contributed by atoms with Crippen molar-refractivity contribution in [1.29, 1.82) is 0 Å². The van der Waals surface area contributed by atoms with E-state index in [1.165, 1.54) is 12.8 Å². The molecule has 33 heavy (non-hydrogen) atoms. The standard InChI is InChI=1S/C24H29N7O2/c1-29-15-20(13-27-29)19-10-18-11-22(26-14-21(18)25-12-19)28-24(33)17-4-8-31(9-5-17)23(32)16-30-6-2-3-7-30/h10-15,17H,2-9,16H2,1H3,(H,26,28,33). The van der Waals surface area contributed by atoms with Crippen molar-refractivity contribution in [3.8, 4) is 11.1 Å². The van der Waals surface area contributed by atoms with Crippen LogP contribution in [0.3, 0.4) is 0 Å². The second-order valence-corrected chi connectivity index (χ2v) is 9.02. The summed E-state index contributed by atoms with van der Waals surface area (Å²) in [5.74, 6) is 0.553. The topological polar surface area (TPSA) is 96.2 Å². The fourth-order valence-electron chi connectivity index (χ4n) is 4.68. The molecule has 3 aromatic heterocycles. The first-order chi connectivity index (χ1) is 16.0. The Balaban J connectivity index is 1.19. The zero-order valence-electron chi connectivity index (χ0n) is 18.9. The molecule has 9 heteroatoms. The second-order valence-electron chi connectivity index (χ2n) is 9.02. The molecule has 1 N–H and O–H groups in total. The minimum atomic E-state index is -0.113. The van der Waals surface area contributed by atoms with Gasteiger partial charge in [0.2, 0.25) is 11.8 Å². The number of piperidine rings is 1. The Kier molecular flexibility index (Phi) is 6.04. The number of carbonyl (C=O) groups is 2. The van der Waals surface area contributed by atoms with Crippen LogP contribution in [0, 0.1) is 5.92 Å². The maximum absolute atomic E-state index is 12.9. The van der Waals surface area contributed by atoms with E-state index in [1.54, 1.807) is 23.3 Å². The van der Waals surface area contributed by atoms with E-state index >= 15 is 0 Å². The van der Waals surface area contributed by atoms with Crippen molar-refractivity contribution < 1.29 is 9.59 Å². The number of aromatic nitrogens is 4. The van der Waals surface area contributed by atoms with Crippen LogP contribution in [0.1, 0.15) is 25.7 Å². The molecular formula is C24H29N7O2. The highest BCUT2D eigenvalue weighted by Gasteiger charge is 2.28. The highest BCUT2D eigenvalue weighted by molar-refractivity contribution is 5.94. The van der Waals surface area contributed by atoms with Gasteiger partial charge in [0.1, 0.15) is 5.82 Å². The van der Waals surface area contributed by atoms with Gasteiger partial charge in [-0.15, -0.1) is 0 Å². The van der Waals surface area contributed by atoms with E-state index in [9.17, 15) is 9.59 Å². The number of hydrogen-bond acceptors (Lipinski definition) is 6. The Morgan fingerprint density at radius 3 is 2.52 bits per heavy atom. The molecule has 2 amide bonds. The van der Waals surface area contributed by atoms with Crippen molar-refractivity contribution in [1.82, 2.24) is 29.5 Å². The molecule has 2 aliphatic rings. The number of anilines is 1. The molecule has 172 valence electrons. The van der Waals surface area contributed by atoms with Gasteiger partial charge in [-0.1, -0.05) is 0 Å². The zero-order chi connectivity index (χ0) is 22.8. The summed E-state index contributed by atoms with van der Waals surface area (Å²) in [6.07, 6.45) is 10.9. The predicted octanol–water partition coefficient (Wildman–Crippen LogP) is 2.30. The molecule has 3 aromatic rings. The fourth-order valence-corrected chi connectivity index (χ4v) is 4.68. The molecule has 0 aliphatic carbocycles. The molecule has 0 saturated carbocycles. The molecule has 0 unspecified atom stereocenters. The number of hydrogen-bond donors (Lipinski definition) is 1. The van der Waals surface area contributed by atoms with Crippen LogP contribution in [0.4, 0.5) is 5.82 Å². The lowest BCUT2D eigenvalue weighted by atomic mass is 9.96. The van der Waals surface area contributed by atoms with E-state index in [1.807, 2.05) is 30.3 Å². The van der Waals surface area contributed by atoms with Crippen LogP contribution in [0.15, 0.2) is 36.9 Å². The zero-order valence-corrected chi connectivity index (χ0v) is 18.9. The maximum atomic E-state index is 12.9. The van der Waals surface area contributed by atoms with Crippen LogP contribution in [-0.2, 0) is 16.6 Å². The first-order valence-electron chi connectivity index (χ1n) is 11.6. The number of rotatable bonds is 5. The molecule has 2 aliphatic heterocycles. The first kappa shape index (κ1) is 21.5. The van der Waals surface area contributed by atoms with Gasteiger partial charge >= 0.3 is 0 Å². The Labute approximate surface area is 192 Å². The first-order valence-corrected chi connectivity index (χ1v) is 11.6. The third-order valence-corrected chi connectivity index (χ3v) is 6.63. The van der Waals surface area contributed by atoms with Gasteiger partial charge in [-0.05, 0) is 50.9 Å². The lowest BCUT2D eigenvalue weighted by Gasteiger charge is -2.32. The third kappa shape index (κ3) is 4.88. The summed E-state index contributed by atoms with van der Waals surface area (Å²) in [5.41, 5.74) is 2.72. The average molecular weight is 448 g/mol. The van der Waals surface area contributed by atoms with Crippen LogP contribution >= 0.6 is 0 Å². The largest absolute Gasteiger partial charge is 0.342 e. The van der Waals surface area contributed by atoms with E-state index in [0.29, 0.717) is 38.3 Å². The van der Waals surface area contributed by atoms with Gasteiger partial charge in [0, 0.05) is 55.0 Å². The molecule has 0 radical (unpaired) electrons. The molecule has 2 fully saturated rings. The van der Waals surface area contributed by atoms with Crippen LogP contribution in [0.2, 0.25) is 0 Å². The number of carbonyl (C=O) groups excluding carboxylic acids is 2. The summed E-state index contributed by atoms with van der Waals surface area (Å²) in [4.78, 5) is 38.4. The number of nitrogens with zero attached hydrogens (tertiary/aromatic N) is 6. The van der Waals surface area contributed by atoms with Crippen molar-refractivity contribution in [2.45, 2.75) is 25.7 Å². The third-order valence-electron chi connectivity index (χ3n) is 6.63. The average Bonchev–Trinajstić information content (AvgIpc) is 3.50. The summed E-state index contributed by atoms with van der Waals surface area (Å²) in [7, 11) is 1.88. The molecule has 0 aromatic carbocycles. The van der Waals surface area contributed by atoms with E-state index in [0.717, 1.165) is 35.1 Å². The summed E-state index contributed by atoms with van der Waals surface area (Å²) in [5, 5.41) is 8.09. The normalized spacial score (nSPS) is 17.5. The summed E-state index contributed by atoms with van der Waals surface area (Å²) in [6.45, 7) is 3.81. The Hall–Kier alpha value is -3.33. The molecule has 2 saturated heterocycles. The molecule has 5 rings (SSSR count). The van der Waals surface area contributed by atoms with Gasteiger partial charge in [-0.25, -0.2) is 4.98 Å². The van der Waals surface area contributed by atoms with E-state index < -0.39 is 0 Å². The number of amides is 2. The molecule has 0 bridgehead atoms. The lowest BCUT2D eigenvalue weighted by Crippen LogP contribution is -2.45. The highest BCUT2D eigenvalue weighted by Crippen LogP contribution is 2.24. The minimum absolute atomic E-state index is 0.0372. The van der Waals surface area contributed by atoms with Gasteiger partial charge < -0.3 is 10.2 Å². The van der Waals surface area contributed by atoms with E-state index in [2.05, 4.69) is 25.3 Å². The molecular weight excluding hydrogens is 418 g/mol. The summed E-state index contributed by atoms with van der Waals surface area (Å²) >= 11 is 0. The number of pyridine rings is 2.